The second-order valence-electron chi connectivity index (χ2n) is 6.23. The van der Waals surface area contributed by atoms with Gasteiger partial charge in [-0.05, 0) is 55.7 Å². The third-order valence-electron chi connectivity index (χ3n) is 3.73. The normalized spacial score (nSPS) is 10.6. The Morgan fingerprint density at radius 1 is 1.11 bits per heavy atom. The van der Waals surface area contributed by atoms with E-state index in [0.29, 0.717) is 11.1 Å². The minimum atomic E-state index is -0.124. The highest BCUT2D eigenvalue weighted by atomic mass is 32.2. The summed E-state index contributed by atoms with van der Waals surface area (Å²) in [6, 6.07) is 13.6. The molecular weight excluding hydrogens is 362 g/mol. The molecule has 0 aliphatic rings. The summed E-state index contributed by atoms with van der Waals surface area (Å²) in [5.74, 6) is 1.21. The zero-order chi connectivity index (χ0) is 19.2. The quantitative estimate of drug-likeness (QED) is 0.613. The smallest absolute Gasteiger partial charge is 0.277 e. The summed E-state index contributed by atoms with van der Waals surface area (Å²) in [6.07, 6.45) is 0. The Hall–Kier alpha value is -2.80. The predicted octanol–water partition coefficient (Wildman–Crippen LogP) is 4.30. The van der Waals surface area contributed by atoms with Crippen LogP contribution in [0.5, 0.6) is 5.75 Å². The molecule has 0 aliphatic heterocycles. The minimum Gasteiger partial charge on any atom is -0.484 e. The number of carbonyl (C=O) groups excluding carboxylic acids is 1. The molecule has 1 N–H and O–H groups in total. The van der Waals surface area contributed by atoms with Crippen LogP contribution < -0.4 is 10.1 Å². The molecule has 1 heterocycles. The van der Waals surface area contributed by atoms with Gasteiger partial charge in [0.25, 0.3) is 11.1 Å². The van der Waals surface area contributed by atoms with Crippen molar-refractivity contribution in [2.24, 2.45) is 0 Å². The Morgan fingerprint density at radius 3 is 2.59 bits per heavy atom. The number of hydrogen-bond donors (Lipinski definition) is 1. The number of hydrogen-bond acceptors (Lipinski definition) is 6. The highest BCUT2D eigenvalue weighted by Crippen LogP contribution is 2.20. The van der Waals surface area contributed by atoms with E-state index in [9.17, 15) is 4.79 Å². The maximum atomic E-state index is 12.1. The lowest BCUT2D eigenvalue weighted by Crippen LogP contribution is -2.14. The lowest BCUT2D eigenvalue weighted by molar-refractivity contribution is -0.113. The third-order valence-corrected chi connectivity index (χ3v) is 4.54. The number of aryl methyl sites for hydroxylation is 3. The van der Waals surface area contributed by atoms with Crippen LogP contribution in [0.1, 0.15) is 22.6 Å². The first-order chi connectivity index (χ1) is 13.0. The third kappa shape index (κ3) is 5.59. The molecule has 0 aliphatic carbocycles. The van der Waals surface area contributed by atoms with E-state index in [1.54, 1.807) is 0 Å². The van der Waals surface area contributed by atoms with Gasteiger partial charge in [0.15, 0.2) is 6.61 Å². The molecule has 6 nitrogen and oxygen atoms in total. The van der Waals surface area contributed by atoms with Gasteiger partial charge in [0.2, 0.25) is 5.91 Å². The Kier molecular flexibility index (Phi) is 6.13. The second kappa shape index (κ2) is 8.73. The summed E-state index contributed by atoms with van der Waals surface area (Å²) in [7, 11) is 0. The zero-order valence-electron chi connectivity index (χ0n) is 15.5. The second-order valence-corrected chi connectivity index (χ2v) is 7.16. The van der Waals surface area contributed by atoms with E-state index < -0.39 is 0 Å². The Morgan fingerprint density at radius 2 is 1.85 bits per heavy atom. The van der Waals surface area contributed by atoms with Gasteiger partial charge in [0, 0.05) is 5.69 Å². The number of ether oxygens (including phenoxy) is 1. The van der Waals surface area contributed by atoms with Gasteiger partial charge in [0.1, 0.15) is 5.75 Å². The van der Waals surface area contributed by atoms with Gasteiger partial charge in [-0.25, -0.2) is 0 Å². The van der Waals surface area contributed by atoms with Crippen molar-refractivity contribution < 1.29 is 13.9 Å². The molecular formula is C20H21N3O3S. The topological polar surface area (TPSA) is 77.2 Å². The maximum Gasteiger partial charge on any atom is 0.277 e. The summed E-state index contributed by atoms with van der Waals surface area (Å²) in [6.45, 7) is 6.15. The molecule has 3 rings (SSSR count). The molecule has 7 heteroatoms. The van der Waals surface area contributed by atoms with Crippen molar-refractivity contribution in [3.8, 4) is 5.75 Å². The first-order valence-electron chi connectivity index (χ1n) is 8.51. The SMILES string of the molecule is Cc1cc(C)cc(NC(=O)CSc2nnc(COc3ccccc3C)o2)c1. The fourth-order valence-electron chi connectivity index (χ4n) is 2.58. The Labute approximate surface area is 162 Å². The summed E-state index contributed by atoms with van der Waals surface area (Å²) < 4.78 is 11.2. The average molecular weight is 383 g/mol. The van der Waals surface area contributed by atoms with Crippen molar-refractivity contribution in [1.29, 1.82) is 0 Å². The number of nitrogens with zero attached hydrogens (tertiary/aromatic N) is 2. The van der Waals surface area contributed by atoms with E-state index in [2.05, 4.69) is 21.6 Å². The van der Waals surface area contributed by atoms with Crippen LogP contribution in [-0.2, 0) is 11.4 Å². The van der Waals surface area contributed by atoms with Crippen LogP contribution in [0.4, 0.5) is 5.69 Å². The maximum absolute atomic E-state index is 12.1. The van der Waals surface area contributed by atoms with E-state index >= 15 is 0 Å². The molecule has 1 amide bonds. The summed E-state index contributed by atoms with van der Waals surface area (Å²) >= 11 is 1.19. The molecule has 27 heavy (non-hydrogen) atoms. The van der Waals surface area contributed by atoms with Crippen LogP contribution >= 0.6 is 11.8 Å². The largest absolute Gasteiger partial charge is 0.484 e. The van der Waals surface area contributed by atoms with E-state index in [0.717, 1.165) is 28.1 Å². The number of amides is 1. The van der Waals surface area contributed by atoms with Crippen LogP contribution in [0.2, 0.25) is 0 Å². The summed E-state index contributed by atoms with van der Waals surface area (Å²) in [5, 5.41) is 11.1. The summed E-state index contributed by atoms with van der Waals surface area (Å²) in [5.41, 5.74) is 4.03. The van der Waals surface area contributed by atoms with Crippen molar-refractivity contribution in [3.63, 3.8) is 0 Å². The van der Waals surface area contributed by atoms with Gasteiger partial charge in [-0.3, -0.25) is 4.79 Å². The number of rotatable bonds is 7. The van der Waals surface area contributed by atoms with E-state index in [-0.39, 0.29) is 18.3 Å². The predicted molar refractivity (Wildman–Crippen MR) is 105 cm³/mol. The average Bonchev–Trinajstić information content (AvgIpc) is 3.06. The van der Waals surface area contributed by atoms with Crippen molar-refractivity contribution in [3.05, 3.63) is 65.0 Å². The van der Waals surface area contributed by atoms with E-state index in [1.165, 1.54) is 11.8 Å². The summed E-state index contributed by atoms with van der Waals surface area (Å²) in [4.78, 5) is 12.1. The number of para-hydroxylation sites is 1. The molecule has 1 aromatic heterocycles. The van der Waals surface area contributed by atoms with Crippen molar-refractivity contribution in [1.82, 2.24) is 10.2 Å². The number of aromatic nitrogens is 2. The van der Waals surface area contributed by atoms with Crippen molar-refractivity contribution in [2.45, 2.75) is 32.6 Å². The van der Waals surface area contributed by atoms with Crippen LogP contribution in [-0.4, -0.2) is 21.9 Å². The lowest BCUT2D eigenvalue weighted by Gasteiger charge is -2.06. The number of carbonyl (C=O) groups is 1. The van der Waals surface area contributed by atoms with Gasteiger partial charge >= 0.3 is 0 Å². The first kappa shape index (κ1) is 19.0. The van der Waals surface area contributed by atoms with Crippen LogP contribution in [0.3, 0.4) is 0 Å². The highest BCUT2D eigenvalue weighted by Gasteiger charge is 2.11. The Balaban J connectivity index is 1.49. The lowest BCUT2D eigenvalue weighted by atomic mass is 10.1. The van der Waals surface area contributed by atoms with Gasteiger partial charge in [-0.2, -0.15) is 0 Å². The molecule has 140 valence electrons. The molecule has 0 radical (unpaired) electrons. The van der Waals surface area contributed by atoms with E-state index in [1.807, 2.05) is 57.2 Å². The molecule has 0 fully saturated rings. The minimum absolute atomic E-state index is 0.124. The molecule has 0 unspecified atom stereocenters. The van der Waals surface area contributed by atoms with Gasteiger partial charge < -0.3 is 14.5 Å². The Bertz CT molecular complexity index is 919. The fourth-order valence-corrected chi connectivity index (χ4v) is 3.16. The standard InChI is InChI=1S/C20H21N3O3S/c1-13-8-14(2)10-16(9-13)21-18(24)12-27-20-23-22-19(26-20)11-25-17-7-5-4-6-15(17)3/h4-10H,11-12H2,1-3H3,(H,21,24). The first-order valence-corrected chi connectivity index (χ1v) is 9.50. The van der Waals surface area contributed by atoms with Crippen molar-refractivity contribution in [2.75, 3.05) is 11.1 Å². The van der Waals surface area contributed by atoms with Crippen LogP contribution in [0.15, 0.2) is 52.1 Å². The molecule has 0 saturated carbocycles. The highest BCUT2D eigenvalue weighted by molar-refractivity contribution is 7.99. The van der Waals surface area contributed by atoms with Crippen molar-refractivity contribution >= 4 is 23.4 Å². The van der Waals surface area contributed by atoms with E-state index in [4.69, 9.17) is 9.15 Å². The monoisotopic (exact) mass is 383 g/mol. The zero-order valence-corrected chi connectivity index (χ0v) is 16.3. The number of thioether (sulfide) groups is 1. The number of nitrogens with one attached hydrogen (secondary N) is 1. The van der Waals surface area contributed by atoms with Gasteiger partial charge in [0.05, 0.1) is 5.75 Å². The number of benzene rings is 2. The molecule has 0 bridgehead atoms. The molecule has 2 aromatic carbocycles. The number of anilines is 1. The van der Waals surface area contributed by atoms with Gasteiger partial charge in [-0.15, -0.1) is 10.2 Å². The molecule has 3 aromatic rings. The van der Waals surface area contributed by atoms with Crippen LogP contribution in [0.25, 0.3) is 0 Å². The molecule has 0 atom stereocenters. The fraction of sp³-hybridized carbons (Fsp3) is 0.250. The molecule has 0 saturated heterocycles. The van der Waals surface area contributed by atoms with Gasteiger partial charge in [-0.1, -0.05) is 36.0 Å². The van der Waals surface area contributed by atoms with Crippen LogP contribution in [0, 0.1) is 20.8 Å². The molecule has 0 spiro atoms.